The summed E-state index contributed by atoms with van der Waals surface area (Å²) in [7, 11) is 0. The Kier molecular flexibility index (Phi) is 6.39. The summed E-state index contributed by atoms with van der Waals surface area (Å²) in [5.74, 6) is -0.196. The third-order valence-corrected chi connectivity index (χ3v) is 2.86. The molecule has 0 aromatic heterocycles. The minimum absolute atomic E-state index is 0.196. The van der Waals surface area contributed by atoms with E-state index in [1.165, 1.54) is 0 Å². The van der Waals surface area contributed by atoms with Gasteiger partial charge >= 0.3 is 0 Å². The zero-order valence-electron chi connectivity index (χ0n) is 10.8. The molecule has 4 heteroatoms. The highest BCUT2D eigenvalue weighted by molar-refractivity contribution is 5.81. The van der Waals surface area contributed by atoms with Gasteiger partial charge in [0.1, 0.15) is 0 Å². The van der Waals surface area contributed by atoms with Crippen molar-refractivity contribution in [2.24, 2.45) is 5.73 Å². The van der Waals surface area contributed by atoms with E-state index in [9.17, 15) is 9.90 Å². The van der Waals surface area contributed by atoms with Gasteiger partial charge in [0, 0.05) is 6.54 Å². The summed E-state index contributed by atoms with van der Waals surface area (Å²) in [6.45, 7) is 2.26. The molecule has 2 atom stereocenters. The minimum Gasteiger partial charge on any atom is -0.387 e. The normalized spacial score (nSPS) is 13.9. The van der Waals surface area contributed by atoms with Gasteiger partial charge in [-0.2, -0.15) is 0 Å². The number of unbranched alkanes of at least 4 members (excludes halogenated alkanes) is 1. The summed E-state index contributed by atoms with van der Waals surface area (Å²) < 4.78 is 0. The van der Waals surface area contributed by atoms with E-state index in [4.69, 9.17) is 5.73 Å². The van der Waals surface area contributed by atoms with Gasteiger partial charge in [-0.05, 0) is 12.0 Å². The van der Waals surface area contributed by atoms with Crippen LogP contribution < -0.4 is 11.1 Å². The van der Waals surface area contributed by atoms with Crippen molar-refractivity contribution in [3.63, 3.8) is 0 Å². The zero-order chi connectivity index (χ0) is 13.4. The Bertz CT molecular complexity index is 354. The fraction of sp³-hybridized carbons (Fsp3) is 0.500. The van der Waals surface area contributed by atoms with E-state index < -0.39 is 12.1 Å². The first-order valence-electron chi connectivity index (χ1n) is 6.41. The van der Waals surface area contributed by atoms with Gasteiger partial charge in [0.2, 0.25) is 5.91 Å². The molecule has 2 unspecified atom stereocenters. The van der Waals surface area contributed by atoms with Crippen LogP contribution in [0.15, 0.2) is 30.3 Å². The number of carbonyl (C=O) groups is 1. The van der Waals surface area contributed by atoms with Gasteiger partial charge in [-0.3, -0.25) is 4.79 Å². The summed E-state index contributed by atoms with van der Waals surface area (Å²) in [6, 6.07) is 8.77. The van der Waals surface area contributed by atoms with Crippen molar-refractivity contribution in [1.29, 1.82) is 0 Å². The third kappa shape index (κ3) is 4.85. The Balaban J connectivity index is 2.34. The van der Waals surface area contributed by atoms with Gasteiger partial charge < -0.3 is 16.2 Å². The van der Waals surface area contributed by atoms with Gasteiger partial charge in [0.05, 0.1) is 12.1 Å². The highest BCUT2D eigenvalue weighted by Gasteiger charge is 2.14. The lowest BCUT2D eigenvalue weighted by molar-refractivity contribution is -0.123. The number of aliphatic hydroxyl groups excluding tert-OH is 1. The van der Waals surface area contributed by atoms with Crippen molar-refractivity contribution >= 4 is 5.91 Å². The van der Waals surface area contributed by atoms with Crippen LogP contribution in [0.2, 0.25) is 0 Å². The molecule has 100 valence electrons. The van der Waals surface area contributed by atoms with E-state index in [2.05, 4.69) is 12.2 Å². The number of aliphatic hydroxyl groups is 1. The fourth-order valence-electron chi connectivity index (χ4n) is 1.68. The molecule has 0 spiro atoms. The predicted molar refractivity (Wildman–Crippen MR) is 71.9 cm³/mol. The number of nitrogens with one attached hydrogen (secondary N) is 1. The first-order chi connectivity index (χ1) is 8.65. The quantitative estimate of drug-likeness (QED) is 0.684. The molecule has 1 aromatic carbocycles. The number of nitrogens with two attached hydrogens (primary N) is 1. The molecule has 4 nitrogen and oxygen atoms in total. The van der Waals surface area contributed by atoms with E-state index in [0.717, 1.165) is 18.4 Å². The Morgan fingerprint density at radius 2 is 2.06 bits per heavy atom. The maximum atomic E-state index is 11.6. The smallest absolute Gasteiger partial charge is 0.237 e. The number of carbonyl (C=O) groups excluding carboxylic acids is 1. The van der Waals surface area contributed by atoms with Crippen molar-refractivity contribution in [3.8, 4) is 0 Å². The topological polar surface area (TPSA) is 75.4 Å². The van der Waals surface area contributed by atoms with Crippen LogP contribution in [0.3, 0.4) is 0 Å². The molecule has 4 N–H and O–H groups in total. The maximum Gasteiger partial charge on any atom is 0.237 e. The van der Waals surface area contributed by atoms with Gasteiger partial charge in [-0.1, -0.05) is 50.1 Å². The molecular weight excluding hydrogens is 228 g/mol. The van der Waals surface area contributed by atoms with Crippen LogP contribution in [-0.2, 0) is 4.79 Å². The standard InChI is InChI=1S/C14H22N2O2/c1-2-3-9-12(15)14(18)16-10-13(17)11-7-5-4-6-8-11/h4-8,12-13,17H,2-3,9-10,15H2,1H3,(H,16,18). The molecule has 1 aromatic rings. The molecule has 0 aliphatic rings. The zero-order valence-corrected chi connectivity index (χ0v) is 10.8. The van der Waals surface area contributed by atoms with Crippen LogP contribution in [0, 0.1) is 0 Å². The highest BCUT2D eigenvalue weighted by atomic mass is 16.3. The van der Waals surface area contributed by atoms with Crippen molar-refractivity contribution in [3.05, 3.63) is 35.9 Å². The molecule has 0 aliphatic heterocycles. The Labute approximate surface area is 108 Å². The van der Waals surface area contributed by atoms with E-state index in [-0.39, 0.29) is 12.5 Å². The average molecular weight is 250 g/mol. The number of rotatable bonds is 7. The molecule has 0 radical (unpaired) electrons. The summed E-state index contributed by atoms with van der Waals surface area (Å²) in [4.78, 5) is 11.6. The van der Waals surface area contributed by atoms with Gasteiger partial charge in [-0.15, -0.1) is 0 Å². The summed E-state index contributed by atoms with van der Waals surface area (Å²) in [5, 5.41) is 12.5. The molecule has 1 rings (SSSR count). The van der Waals surface area contributed by atoms with E-state index in [0.29, 0.717) is 6.42 Å². The molecule has 0 fully saturated rings. The Hall–Kier alpha value is -1.39. The monoisotopic (exact) mass is 250 g/mol. The molecule has 0 saturated carbocycles. The molecule has 18 heavy (non-hydrogen) atoms. The van der Waals surface area contributed by atoms with Crippen molar-refractivity contribution < 1.29 is 9.90 Å². The number of benzene rings is 1. The lowest BCUT2D eigenvalue weighted by Crippen LogP contribution is -2.42. The van der Waals surface area contributed by atoms with Gasteiger partial charge in [0.25, 0.3) is 0 Å². The van der Waals surface area contributed by atoms with Crippen LogP contribution >= 0.6 is 0 Å². The highest BCUT2D eigenvalue weighted by Crippen LogP contribution is 2.10. The molecule has 0 bridgehead atoms. The largest absolute Gasteiger partial charge is 0.387 e. The van der Waals surface area contributed by atoms with Crippen LogP contribution in [0.1, 0.15) is 37.9 Å². The molecule has 1 amide bonds. The van der Waals surface area contributed by atoms with Crippen molar-refractivity contribution in [2.75, 3.05) is 6.54 Å². The van der Waals surface area contributed by atoms with Crippen LogP contribution in [0.25, 0.3) is 0 Å². The first kappa shape index (κ1) is 14.7. The van der Waals surface area contributed by atoms with Gasteiger partial charge in [-0.25, -0.2) is 0 Å². The van der Waals surface area contributed by atoms with Crippen molar-refractivity contribution in [1.82, 2.24) is 5.32 Å². The number of hydrogen-bond donors (Lipinski definition) is 3. The molecule has 0 heterocycles. The second kappa shape index (κ2) is 7.84. The summed E-state index contributed by atoms with van der Waals surface area (Å²) in [6.07, 6.45) is 1.96. The van der Waals surface area contributed by atoms with Crippen LogP contribution in [-0.4, -0.2) is 23.6 Å². The second-order valence-corrected chi connectivity index (χ2v) is 4.42. The lowest BCUT2D eigenvalue weighted by Gasteiger charge is -2.15. The fourth-order valence-corrected chi connectivity index (χ4v) is 1.68. The third-order valence-electron chi connectivity index (χ3n) is 2.86. The summed E-state index contributed by atoms with van der Waals surface area (Å²) >= 11 is 0. The van der Waals surface area contributed by atoms with E-state index in [1.54, 1.807) is 0 Å². The van der Waals surface area contributed by atoms with Gasteiger partial charge in [0.15, 0.2) is 0 Å². The lowest BCUT2D eigenvalue weighted by atomic mass is 10.1. The Morgan fingerprint density at radius 3 is 2.67 bits per heavy atom. The number of hydrogen-bond acceptors (Lipinski definition) is 3. The minimum atomic E-state index is -0.687. The molecule has 0 aliphatic carbocycles. The van der Waals surface area contributed by atoms with Crippen LogP contribution in [0.4, 0.5) is 0 Å². The first-order valence-corrected chi connectivity index (χ1v) is 6.41. The predicted octanol–water partition coefficient (Wildman–Crippen LogP) is 1.35. The van der Waals surface area contributed by atoms with Crippen molar-refractivity contribution in [2.45, 2.75) is 38.3 Å². The molecular formula is C14H22N2O2. The average Bonchev–Trinajstić information content (AvgIpc) is 2.42. The van der Waals surface area contributed by atoms with E-state index in [1.807, 2.05) is 30.3 Å². The Morgan fingerprint density at radius 1 is 1.39 bits per heavy atom. The van der Waals surface area contributed by atoms with E-state index >= 15 is 0 Å². The maximum absolute atomic E-state index is 11.6. The molecule has 0 saturated heterocycles. The second-order valence-electron chi connectivity index (χ2n) is 4.42. The van der Waals surface area contributed by atoms with Crippen LogP contribution in [0.5, 0.6) is 0 Å². The SMILES string of the molecule is CCCCC(N)C(=O)NCC(O)c1ccccc1. The summed E-state index contributed by atoms with van der Waals surface area (Å²) in [5.41, 5.74) is 6.53. The number of amides is 1.